The van der Waals surface area contributed by atoms with Crippen LogP contribution in [-0.4, -0.2) is 59.5 Å². The summed E-state index contributed by atoms with van der Waals surface area (Å²) in [5, 5.41) is 10.6. The molecule has 1 aliphatic carbocycles. The Kier molecular flexibility index (Phi) is 9.01. The first-order valence-corrected chi connectivity index (χ1v) is 15.7. The van der Waals surface area contributed by atoms with Crippen LogP contribution < -0.4 is 0 Å². The number of carboxylic acids is 1. The van der Waals surface area contributed by atoms with Crippen LogP contribution in [0.3, 0.4) is 0 Å². The Balaban J connectivity index is 1.89. The lowest BCUT2D eigenvalue weighted by molar-refractivity contribution is -0.162. The van der Waals surface area contributed by atoms with Gasteiger partial charge in [-0.25, -0.2) is 12.7 Å². The quantitative estimate of drug-likeness (QED) is 0.338. The summed E-state index contributed by atoms with van der Waals surface area (Å²) in [5.74, 6) is -1.57. The summed E-state index contributed by atoms with van der Waals surface area (Å²) in [5.41, 5.74) is 0.601. The normalized spacial score (nSPS) is 24.7. The topological polar surface area (TPSA) is 95.0 Å². The molecule has 10 heteroatoms. The summed E-state index contributed by atoms with van der Waals surface area (Å²) in [7, 11) is -1.90. The van der Waals surface area contributed by atoms with Crippen molar-refractivity contribution >= 4 is 45.1 Å². The van der Waals surface area contributed by atoms with E-state index in [2.05, 4.69) is 0 Å². The number of hydrogen-bond acceptors (Lipinski definition) is 4. The van der Waals surface area contributed by atoms with E-state index < -0.39 is 33.5 Å². The number of piperidine rings is 1. The molecule has 2 aromatic rings. The predicted octanol–water partition coefficient (Wildman–Crippen LogP) is 6.12. The van der Waals surface area contributed by atoms with Crippen molar-refractivity contribution in [3.63, 3.8) is 0 Å². The second-order valence-corrected chi connectivity index (χ2v) is 14.1. The highest BCUT2D eigenvalue weighted by molar-refractivity contribution is 7.90. The summed E-state index contributed by atoms with van der Waals surface area (Å²) in [4.78, 5) is 28.4. The first-order chi connectivity index (χ1) is 18.4. The number of hydrogen-bond donors (Lipinski definition) is 1. The van der Waals surface area contributed by atoms with Crippen molar-refractivity contribution in [3.05, 3.63) is 69.7 Å². The molecule has 4 rings (SSSR count). The van der Waals surface area contributed by atoms with Crippen LogP contribution >= 0.6 is 23.2 Å². The number of likely N-dealkylation sites (N-methyl/N-ethyl adjacent to an activating group) is 1. The molecule has 2 aliphatic rings. The van der Waals surface area contributed by atoms with Gasteiger partial charge in [0.2, 0.25) is 15.9 Å². The number of carbonyl (C=O) groups is 2. The van der Waals surface area contributed by atoms with Gasteiger partial charge in [-0.3, -0.25) is 9.59 Å². The number of halogens is 2. The highest BCUT2D eigenvalue weighted by Crippen LogP contribution is 2.53. The standard InChI is InChI=1S/C29H36Cl2N2O5S/c1-4-23(18-32(3)39(37,38)24-13-14-24)33-27(19-9-11-21(30)12-10-19)25(20-7-6-8-22(31)15-20)16-29(5-2,28(33)36)17-26(34)35/h6-12,15,23-25,27H,4-5,13-14,16-18H2,1-3H3,(H,34,35)/t23-,25?,27+,29+/m0/s1. The van der Waals surface area contributed by atoms with Gasteiger partial charge >= 0.3 is 5.97 Å². The molecule has 1 saturated carbocycles. The molecule has 1 aliphatic heterocycles. The van der Waals surface area contributed by atoms with E-state index in [4.69, 9.17) is 23.2 Å². The van der Waals surface area contributed by atoms with E-state index in [-0.39, 0.29) is 30.0 Å². The fourth-order valence-electron chi connectivity index (χ4n) is 5.99. The minimum absolute atomic E-state index is 0.125. The molecule has 0 bridgehead atoms. The van der Waals surface area contributed by atoms with Crippen LogP contribution in [0.5, 0.6) is 0 Å². The van der Waals surface area contributed by atoms with Crippen LogP contribution in [0.25, 0.3) is 0 Å². The lowest BCUT2D eigenvalue weighted by Gasteiger charge is -2.53. The van der Waals surface area contributed by atoms with Crippen molar-refractivity contribution in [1.82, 2.24) is 9.21 Å². The van der Waals surface area contributed by atoms with E-state index in [1.54, 1.807) is 30.1 Å². The second kappa shape index (κ2) is 11.8. The number of carboxylic acid groups (broad SMARTS) is 1. The number of likely N-dealkylation sites (tertiary alicyclic amines) is 1. The van der Waals surface area contributed by atoms with E-state index in [1.165, 1.54) is 4.31 Å². The molecule has 2 aromatic carbocycles. The van der Waals surface area contributed by atoms with Crippen molar-refractivity contribution in [1.29, 1.82) is 0 Å². The van der Waals surface area contributed by atoms with E-state index in [0.717, 1.165) is 11.1 Å². The van der Waals surface area contributed by atoms with Gasteiger partial charge in [-0.2, -0.15) is 0 Å². The van der Waals surface area contributed by atoms with Gasteiger partial charge in [0.25, 0.3) is 0 Å². The fraction of sp³-hybridized carbons (Fsp3) is 0.517. The maximum Gasteiger partial charge on any atom is 0.304 e. The number of carbonyl (C=O) groups excluding carboxylic acids is 1. The number of aliphatic carboxylic acids is 1. The lowest BCUT2D eigenvalue weighted by Crippen LogP contribution is -2.59. The summed E-state index contributed by atoms with van der Waals surface area (Å²) in [6.45, 7) is 3.91. The maximum absolute atomic E-state index is 14.5. The van der Waals surface area contributed by atoms with Gasteiger partial charge in [-0.15, -0.1) is 0 Å². The maximum atomic E-state index is 14.5. The highest BCUT2D eigenvalue weighted by Gasteiger charge is 2.54. The number of benzene rings is 2. The van der Waals surface area contributed by atoms with Crippen LogP contribution in [0.4, 0.5) is 0 Å². The summed E-state index contributed by atoms with van der Waals surface area (Å²) < 4.78 is 27.5. The van der Waals surface area contributed by atoms with Crippen LogP contribution in [0.15, 0.2) is 48.5 Å². The van der Waals surface area contributed by atoms with E-state index in [1.807, 2.05) is 44.2 Å². The van der Waals surface area contributed by atoms with Gasteiger partial charge < -0.3 is 10.0 Å². The Bertz CT molecular complexity index is 1320. The van der Waals surface area contributed by atoms with Gasteiger partial charge in [0.15, 0.2) is 0 Å². The average Bonchev–Trinajstić information content (AvgIpc) is 3.75. The first-order valence-electron chi connectivity index (χ1n) is 13.4. The molecule has 0 spiro atoms. The molecule has 39 heavy (non-hydrogen) atoms. The molecule has 1 saturated heterocycles. The minimum Gasteiger partial charge on any atom is -0.481 e. The zero-order valence-electron chi connectivity index (χ0n) is 22.5. The molecule has 7 nitrogen and oxygen atoms in total. The zero-order valence-corrected chi connectivity index (χ0v) is 24.8. The van der Waals surface area contributed by atoms with Gasteiger partial charge in [0.05, 0.1) is 23.1 Å². The zero-order chi connectivity index (χ0) is 28.5. The second-order valence-electron chi connectivity index (χ2n) is 10.9. The Morgan fingerprint density at radius 2 is 1.77 bits per heavy atom. The Hall–Kier alpha value is -2.13. The van der Waals surface area contributed by atoms with Crippen molar-refractivity contribution in [2.45, 2.75) is 75.6 Å². The van der Waals surface area contributed by atoms with Crippen LogP contribution in [0.1, 0.15) is 75.5 Å². The number of nitrogens with zero attached hydrogens (tertiary/aromatic N) is 2. The Morgan fingerprint density at radius 1 is 1.10 bits per heavy atom. The number of sulfonamides is 1. The molecule has 1 N–H and O–H groups in total. The molecular weight excluding hydrogens is 559 g/mol. The molecule has 2 fully saturated rings. The van der Waals surface area contributed by atoms with Crippen molar-refractivity contribution in [2.75, 3.05) is 13.6 Å². The van der Waals surface area contributed by atoms with Crippen LogP contribution in [-0.2, 0) is 19.6 Å². The number of rotatable bonds is 11. The average molecular weight is 596 g/mol. The van der Waals surface area contributed by atoms with Crippen molar-refractivity contribution < 1.29 is 23.1 Å². The third kappa shape index (κ3) is 6.14. The monoisotopic (exact) mass is 594 g/mol. The van der Waals surface area contributed by atoms with Gasteiger partial charge in [-0.05, 0) is 67.5 Å². The molecule has 0 radical (unpaired) electrons. The summed E-state index contributed by atoms with van der Waals surface area (Å²) in [6.07, 6.45) is 2.14. The van der Waals surface area contributed by atoms with Crippen molar-refractivity contribution in [3.8, 4) is 0 Å². The van der Waals surface area contributed by atoms with E-state index >= 15 is 0 Å². The molecule has 4 atom stereocenters. The van der Waals surface area contributed by atoms with Gasteiger partial charge in [0.1, 0.15) is 0 Å². The predicted molar refractivity (Wildman–Crippen MR) is 153 cm³/mol. The smallest absolute Gasteiger partial charge is 0.304 e. The molecular formula is C29H36Cl2N2O5S. The molecule has 1 unspecified atom stereocenters. The largest absolute Gasteiger partial charge is 0.481 e. The first kappa shape index (κ1) is 29.8. The fourth-order valence-corrected chi connectivity index (χ4v) is 7.94. The third-order valence-corrected chi connectivity index (χ3v) is 11.2. The van der Waals surface area contributed by atoms with Crippen LogP contribution in [0, 0.1) is 5.41 Å². The molecule has 1 heterocycles. The van der Waals surface area contributed by atoms with Crippen molar-refractivity contribution in [2.24, 2.45) is 5.41 Å². The summed E-state index contributed by atoms with van der Waals surface area (Å²) in [6, 6.07) is 13.9. The Labute approximate surface area is 241 Å². The van der Waals surface area contributed by atoms with Crippen LogP contribution in [0.2, 0.25) is 10.0 Å². The Morgan fingerprint density at radius 3 is 2.31 bits per heavy atom. The summed E-state index contributed by atoms with van der Waals surface area (Å²) >= 11 is 12.6. The SMILES string of the molecule is CC[C@@H](CN(C)S(=O)(=O)C1CC1)N1C(=O)[C@@](CC)(CC(=O)O)CC(c2cccc(Cl)c2)[C@H]1c1ccc(Cl)cc1. The minimum atomic E-state index is -3.47. The molecule has 212 valence electrons. The lowest BCUT2D eigenvalue weighted by atomic mass is 9.65. The highest BCUT2D eigenvalue weighted by atomic mass is 35.5. The van der Waals surface area contributed by atoms with E-state index in [9.17, 15) is 23.1 Å². The molecule has 1 amide bonds. The van der Waals surface area contributed by atoms with Gasteiger partial charge in [-0.1, -0.05) is 61.3 Å². The van der Waals surface area contributed by atoms with Gasteiger partial charge in [0, 0.05) is 35.6 Å². The molecule has 0 aromatic heterocycles. The van der Waals surface area contributed by atoms with E-state index in [0.29, 0.717) is 42.1 Å². The third-order valence-electron chi connectivity index (χ3n) is 8.35. The number of amides is 1.